The molecular weight excluding hydrogens is 639 g/mol. The number of fused-ring (bicyclic) bond motifs is 5. The van der Waals surface area contributed by atoms with E-state index in [1.54, 1.807) is 60.8 Å². The molecule has 2 aromatic carbocycles. The van der Waals surface area contributed by atoms with Crippen LogP contribution in [0.4, 0.5) is 24.7 Å². The lowest BCUT2D eigenvalue weighted by molar-refractivity contribution is -0.192. The maximum atomic E-state index is 13.6. The number of morpholine rings is 1. The lowest BCUT2D eigenvalue weighted by Crippen LogP contribution is -2.46. The van der Waals surface area contributed by atoms with Crippen LogP contribution >= 0.6 is 0 Å². The summed E-state index contributed by atoms with van der Waals surface area (Å²) in [5.41, 5.74) is 13.6. The molecule has 0 aliphatic carbocycles. The minimum atomic E-state index is -5.08. The second kappa shape index (κ2) is 15.8. The van der Waals surface area contributed by atoms with Gasteiger partial charge in [0, 0.05) is 30.5 Å². The molecule has 6 N–H and O–H groups in total. The summed E-state index contributed by atoms with van der Waals surface area (Å²) in [6.07, 6.45) is -3.55. The van der Waals surface area contributed by atoms with Gasteiger partial charge in [-0.1, -0.05) is 6.07 Å². The number of carboxylic acids is 1. The molecule has 3 aliphatic heterocycles. The fraction of sp³-hybridized carbons (Fsp3) is 0.323. The lowest BCUT2D eigenvalue weighted by Gasteiger charge is -2.29. The van der Waals surface area contributed by atoms with Crippen molar-refractivity contribution >= 4 is 35.1 Å². The van der Waals surface area contributed by atoms with Crippen LogP contribution in [0.1, 0.15) is 41.4 Å². The maximum Gasteiger partial charge on any atom is 0.490 e. The molecule has 0 spiro atoms. The molecule has 0 radical (unpaired) electrons. The number of carbonyl (C=O) groups is 3. The zero-order valence-corrected chi connectivity index (χ0v) is 25.9. The monoisotopic (exact) mass is 673 g/mol. The predicted molar refractivity (Wildman–Crippen MR) is 168 cm³/mol. The number of nitrogens with two attached hydrogens (primary N) is 1. The number of hydrazine groups is 1. The van der Waals surface area contributed by atoms with Gasteiger partial charge in [-0.15, -0.1) is 0 Å². The molecule has 1 unspecified atom stereocenters. The quantitative estimate of drug-likeness (QED) is 0.250. The van der Waals surface area contributed by atoms with E-state index in [1.165, 1.54) is 0 Å². The van der Waals surface area contributed by atoms with Crippen LogP contribution in [0, 0.1) is 0 Å². The van der Waals surface area contributed by atoms with Crippen LogP contribution in [-0.4, -0.2) is 79.0 Å². The predicted octanol–water partition coefficient (Wildman–Crippen LogP) is 3.01. The molecule has 1 saturated heterocycles. The summed E-state index contributed by atoms with van der Waals surface area (Å²) in [6.45, 7) is 6.11. The van der Waals surface area contributed by atoms with E-state index in [-0.39, 0.29) is 12.8 Å². The zero-order valence-electron chi connectivity index (χ0n) is 25.9. The molecule has 4 heterocycles. The maximum absolute atomic E-state index is 13.6. The molecule has 3 aliphatic rings. The van der Waals surface area contributed by atoms with Gasteiger partial charge < -0.3 is 35.3 Å². The molecule has 6 rings (SSSR count). The minimum absolute atomic E-state index is 0.0393. The minimum Gasteiger partial charge on any atom is -0.487 e. The third kappa shape index (κ3) is 9.47. The highest BCUT2D eigenvalue weighted by molar-refractivity contribution is 6.00. The summed E-state index contributed by atoms with van der Waals surface area (Å²) in [6, 6.07) is 14.9. The van der Waals surface area contributed by atoms with E-state index in [1.807, 2.05) is 18.7 Å². The summed E-state index contributed by atoms with van der Waals surface area (Å²) in [5.74, 6) is -1.97. The molecule has 1 aromatic heterocycles. The number of benzene rings is 2. The standard InChI is InChI=1S/C29H33N7O5.C2HF3O2/c1-18(2)41-23-10-7-20-16-24(23)40-17-32-26(30)19-5-8-21(9-6-19)33-25(20)29(38)35-34-28(37)22-4-3-11-31-27(22)36-12-14-39-15-13-36;3-2(4,5)1(6)7/h3-11,16,18,25,33H,12-15,17H2,1-2H3,(H2,30,32)(H,34,37)(H,35,38);(H,6,7). The van der Waals surface area contributed by atoms with Crippen molar-refractivity contribution < 1.29 is 46.9 Å². The number of carbonyl (C=O) groups excluding carboxylic acids is 2. The van der Waals surface area contributed by atoms with Crippen LogP contribution in [0.3, 0.4) is 0 Å². The average molecular weight is 674 g/mol. The molecule has 14 nitrogen and oxygen atoms in total. The van der Waals surface area contributed by atoms with Crippen LogP contribution in [0.5, 0.6) is 11.5 Å². The Morgan fingerprint density at radius 1 is 1.08 bits per heavy atom. The van der Waals surface area contributed by atoms with Crippen molar-refractivity contribution in [1.82, 2.24) is 15.8 Å². The van der Waals surface area contributed by atoms with Gasteiger partial charge in [-0.2, -0.15) is 13.2 Å². The summed E-state index contributed by atoms with van der Waals surface area (Å²) in [4.78, 5) is 46.4. The zero-order chi connectivity index (χ0) is 34.8. The van der Waals surface area contributed by atoms with Gasteiger partial charge in [0.1, 0.15) is 17.7 Å². The van der Waals surface area contributed by atoms with Crippen molar-refractivity contribution in [2.24, 2.45) is 10.7 Å². The Kier molecular flexibility index (Phi) is 11.6. The van der Waals surface area contributed by atoms with Crippen molar-refractivity contribution in [1.29, 1.82) is 0 Å². The first-order chi connectivity index (χ1) is 22.8. The number of aromatic nitrogens is 1. The Balaban J connectivity index is 0.000000671. The first kappa shape index (κ1) is 35.3. The Morgan fingerprint density at radius 3 is 2.42 bits per heavy atom. The van der Waals surface area contributed by atoms with Crippen molar-refractivity contribution in [3.63, 3.8) is 0 Å². The van der Waals surface area contributed by atoms with E-state index in [0.717, 1.165) is 0 Å². The van der Waals surface area contributed by atoms with E-state index in [2.05, 4.69) is 26.1 Å². The van der Waals surface area contributed by atoms with Crippen molar-refractivity contribution in [2.75, 3.05) is 43.3 Å². The van der Waals surface area contributed by atoms with Crippen LogP contribution < -0.4 is 36.3 Å². The SMILES string of the molecule is CC(C)Oc1ccc2cc1OC/N=C(/N)c1ccc(cc1)NC2C(=O)NNC(=O)c1cccnc1N1CCOCC1.O=C(O)C(F)(F)F. The highest BCUT2D eigenvalue weighted by atomic mass is 19.4. The molecule has 0 saturated carbocycles. The number of alkyl halides is 3. The number of pyridine rings is 1. The molecule has 1 fully saturated rings. The average Bonchev–Trinajstić information content (AvgIpc) is 3.08. The smallest absolute Gasteiger partial charge is 0.487 e. The number of aliphatic carboxylic acids is 1. The molecule has 2 amide bonds. The van der Waals surface area contributed by atoms with E-state index in [9.17, 15) is 22.8 Å². The third-order valence-electron chi connectivity index (χ3n) is 6.76. The van der Waals surface area contributed by atoms with Crippen molar-refractivity contribution in [3.05, 3.63) is 77.5 Å². The summed E-state index contributed by atoms with van der Waals surface area (Å²) in [7, 11) is 0. The first-order valence-electron chi connectivity index (χ1n) is 14.6. The molecule has 4 bridgehead atoms. The molecule has 17 heteroatoms. The van der Waals surface area contributed by atoms with Crippen LogP contribution in [0.2, 0.25) is 0 Å². The fourth-order valence-corrected chi connectivity index (χ4v) is 4.49. The molecule has 3 aromatic rings. The number of carboxylic acid groups (broad SMARTS) is 1. The number of aliphatic imine (C=N–C) groups is 1. The Bertz CT molecular complexity index is 1630. The number of hydrogen-bond donors (Lipinski definition) is 5. The van der Waals surface area contributed by atoms with Crippen LogP contribution in [0.25, 0.3) is 0 Å². The largest absolute Gasteiger partial charge is 0.490 e. The van der Waals surface area contributed by atoms with Gasteiger partial charge in [-0.05, 0) is 67.9 Å². The van der Waals surface area contributed by atoms with Crippen LogP contribution in [-0.2, 0) is 14.3 Å². The summed E-state index contributed by atoms with van der Waals surface area (Å²) >= 11 is 0. The van der Waals surface area contributed by atoms with Gasteiger partial charge in [-0.3, -0.25) is 20.4 Å². The van der Waals surface area contributed by atoms with Crippen molar-refractivity contribution in [2.45, 2.75) is 32.2 Å². The summed E-state index contributed by atoms with van der Waals surface area (Å²) in [5, 5.41) is 10.4. The molecule has 48 heavy (non-hydrogen) atoms. The Labute approximate surface area is 273 Å². The number of rotatable bonds is 5. The lowest BCUT2D eigenvalue weighted by atomic mass is 10.0. The Hall–Kier alpha value is -5.58. The van der Waals surface area contributed by atoms with Gasteiger partial charge in [0.25, 0.3) is 11.8 Å². The molecule has 256 valence electrons. The number of anilines is 2. The van der Waals surface area contributed by atoms with Gasteiger partial charge in [0.05, 0.1) is 24.9 Å². The molecular formula is C31H34F3N7O7. The normalized spacial score (nSPS) is 17.0. The first-order valence-corrected chi connectivity index (χ1v) is 14.6. The number of halogens is 3. The number of hydrogen-bond acceptors (Lipinski definition) is 11. The van der Waals surface area contributed by atoms with Gasteiger partial charge in [-0.25, -0.2) is 14.8 Å². The number of amidine groups is 1. The topological polar surface area (TPSA) is 190 Å². The van der Waals surface area contributed by atoms with Crippen LogP contribution in [0.15, 0.2) is 65.8 Å². The highest BCUT2D eigenvalue weighted by Gasteiger charge is 2.38. The van der Waals surface area contributed by atoms with Crippen molar-refractivity contribution in [3.8, 4) is 11.5 Å². The second-order valence-corrected chi connectivity index (χ2v) is 10.6. The number of amides is 2. The van der Waals surface area contributed by atoms with Gasteiger partial charge in [0.15, 0.2) is 18.2 Å². The number of ether oxygens (including phenoxy) is 3. The highest BCUT2D eigenvalue weighted by Crippen LogP contribution is 2.33. The fourth-order valence-electron chi connectivity index (χ4n) is 4.49. The number of nitrogens with one attached hydrogen (secondary N) is 3. The van der Waals surface area contributed by atoms with Gasteiger partial charge in [0.2, 0.25) is 0 Å². The van der Waals surface area contributed by atoms with E-state index >= 15 is 0 Å². The Morgan fingerprint density at radius 2 is 1.77 bits per heavy atom. The molecule has 1 atom stereocenters. The van der Waals surface area contributed by atoms with E-state index in [4.69, 9.17) is 29.8 Å². The van der Waals surface area contributed by atoms with E-state index < -0.39 is 30.0 Å². The number of nitrogens with zero attached hydrogens (tertiary/aromatic N) is 3. The summed E-state index contributed by atoms with van der Waals surface area (Å²) < 4.78 is 49.0. The van der Waals surface area contributed by atoms with Gasteiger partial charge >= 0.3 is 12.1 Å². The second-order valence-electron chi connectivity index (χ2n) is 10.6. The van der Waals surface area contributed by atoms with E-state index in [0.29, 0.717) is 71.8 Å². The third-order valence-corrected chi connectivity index (χ3v) is 6.76.